The molecule has 25 atom stereocenters. The average Bonchev–Trinajstić information content (AvgIpc) is 0.770. The summed E-state index contributed by atoms with van der Waals surface area (Å²) >= 11 is 0. The topological polar surface area (TPSA) is 401 Å². The molecule has 0 aromatic heterocycles. The van der Waals surface area contributed by atoms with Gasteiger partial charge in [0.25, 0.3) is 0 Å². The summed E-state index contributed by atoms with van der Waals surface area (Å²) in [6, 6.07) is 50.2. The number of carbonyl (C=O) groups is 2. The molecule has 28 nitrogen and oxygen atoms in total. The Hall–Kier alpha value is -6.70. The van der Waals surface area contributed by atoms with Gasteiger partial charge in [-0.1, -0.05) is 182 Å². The van der Waals surface area contributed by atoms with Crippen LogP contribution in [0.2, 0.25) is 0 Å². The van der Waals surface area contributed by atoms with Gasteiger partial charge in [0, 0.05) is 7.11 Å². The number of hydrogen-bond acceptors (Lipinski definition) is 26. The summed E-state index contributed by atoms with van der Waals surface area (Å²) in [6.45, 7) is -2.69. The first-order valence-electron chi connectivity index (χ1n) is 33.4. The van der Waals surface area contributed by atoms with Crippen LogP contribution in [-0.4, -0.2) is 228 Å². The van der Waals surface area contributed by atoms with Gasteiger partial charge in [-0.05, 0) is 33.4 Å². The molecule has 13 N–H and O–H groups in total. The van der Waals surface area contributed by atoms with Crippen LogP contribution in [0.5, 0.6) is 0 Å². The number of methoxy groups -OCH3 is 1. The minimum atomic E-state index is -2.08. The van der Waals surface area contributed by atoms with Crippen LogP contribution in [0.3, 0.4) is 0 Å². The summed E-state index contributed by atoms with van der Waals surface area (Å²) in [5.41, 5.74) is 24.9. The Balaban J connectivity index is 0.876. The van der Waals surface area contributed by atoms with E-state index in [0.29, 0.717) is 16.7 Å². The molecule has 5 fully saturated rings. The Morgan fingerprint density at radius 2 is 0.624 bits per heavy atom. The van der Waals surface area contributed by atoms with Gasteiger partial charge in [-0.25, -0.2) is 9.59 Å². The number of benzene rings is 6. The molecular formula is C73H89N3O25. The van der Waals surface area contributed by atoms with Crippen molar-refractivity contribution in [3.63, 3.8) is 0 Å². The maximum atomic E-state index is 14.0. The quantitative estimate of drug-likeness (QED) is 0.0289. The maximum absolute atomic E-state index is 14.0. The fourth-order valence-electron chi connectivity index (χ4n) is 13.0. The number of rotatable bonds is 32. The standard InChI is InChI=1S/C73H89N3O25/c1-86-69-51(75)59(89-37-43-24-12-4-13-25-43)57(49(34-79)93-69)97-72-54(81)60(90-38-44-26-14-5-15-27-44)62(64(100-72)67(82)83)98-70-50(74)53(80)55(47(32-77)94-70)96-73-66(92-40-46-30-18-7-19-31-46)61(91-39-45-28-16-6-17-29-45)63(65(101-73)68(84)85)99-71-52(76)58(88-36-42-22-10-3-11-23-42)56(48(33-78)95-71)87-35-41-20-8-2-9-21-41/h2-31,47-66,69-73,77-81H,32-40,74-76H2,1H3,(H,82,83)(H,84,85)/t47-,48-,49-,50-,51-,52-,53-,54-,55-,56-,57-,58-,59-,60-,61+,62+,63+,64-,65+,66-,69+,70-,71-,72-,73-/m1/s1. The first-order valence-corrected chi connectivity index (χ1v) is 33.4. The average molecular weight is 1410 g/mol. The van der Waals surface area contributed by atoms with Crippen LogP contribution < -0.4 is 17.2 Å². The van der Waals surface area contributed by atoms with Gasteiger partial charge in [0.1, 0.15) is 91.6 Å². The van der Waals surface area contributed by atoms with E-state index in [1.807, 2.05) is 91.0 Å². The second kappa shape index (κ2) is 36.6. The van der Waals surface area contributed by atoms with Gasteiger partial charge in [-0.15, -0.1) is 0 Å². The van der Waals surface area contributed by atoms with Crippen LogP contribution in [0, 0.1) is 0 Å². The second-order valence-corrected chi connectivity index (χ2v) is 25.1. The lowest BCUT2D eigenvalue weighted by atomic mass is 9.94. The number of nitrogens with two attached hydrogens (primary N) is 3. The molecule has 11 rings (SSSR count). The maximum Gasteiger partial charge on any atom is 0.335 e. The molecule has 5 aliphatic heterocycles. The Morgan fingerprint density at radius 3 is 1.03 bits per heavy atom. The third kappa shape index (κ3) is 18.8. The van der Waals surface area contributed by atoms with Crippen molar-refractivity contribution in [2.75, 3.05) is 26.9 Å². The third-order valence-corrected chi connectivity index (χ3v) is 18.3. The van der Waals surface area contributed by atoms with E-state index >= 15 is 0 Å². The molecule has 0 bridgehead atoms. The summed E-state index contributed by atoms with van der Waals surface area (Å²) in [7, 11) is 1.36. The van der Waals surface area contributed by atoms with Crippen molar-refractivity contribution in [2.45, 2.75) is 193 Å². The van der Waals surface area contributed by atoms with Crippen molar-refractivity contribution in [1.29, 1.82) is 0 Å². The zero-order valence-electron chi connectivity index (χ0n) is 55.3. The first kappa shape index (κ1) is 75.5. The normalized spacial score (nSPS) is 34.4. The van der Waals surface area contributed by atoms with Crippen LogP contribution >= 0.6 is 0 Å². The summed E-state index contributed by atoms with van der Waals surface area (Å²) < 4.78 is 102. The summed E-state index contributed by atoms with van der Waals surface area (Å²) in [4.78, 5) is 27.6. The zero-order valence-corrected chi connectivity index (χ0v) is 55.3. The lowest BCUT2D eigenvalue weighted by molar-refractivity contribution is -0.382. The zero-order chi connectivity index (χ0) is 70.9. The van der Waals surface area contributed by atoms with Crippen molar-refractivity contribution in [3.05, 3.63) is 215 Å². The van der Waals surface area contributed by atoms with Crippen LogP contribution in [-0.2, 0) is 125 Å². The molecule has 5 aliphatic rings. The highest BCUT2D eigenvalue weighted by molar-refractivity contribution is 5.74. The molecule has 546 valence electrons. The fraction of sp³-hybridized carbons (Fsp3) is 0.479. The highest BCUT2D eigenvalue weighted by Crippen LogP contribution is 2.39. The molecule has 0 saturated carbocycles. The highest BCUT2D eigenvalue weighted by Gasteiger charge is 2.60. The number of hydrogen-bond donors (Lipinski definition) is 10. The van der Waals surface area contributed by atoms with Gasteiger partial charge in [0.05, 0.1) is 77.6 Å². The van der Waals surface area contributed by atoms with Gasteiger partial charge in [0.15, 0.2) is 43.7 Å². The number of carboxylic acids is 2. The molecule has 5 saturated heterocycles. The van der Waals surface area contributed by atoms with Crippen molar-refractivity contribution < 1.29 is 121 Å². The first-order chi connectivity index (χ1) is 49.1. The van der Waals surface area contributed by atoms with Crippen LogP contribution in [0.25, 0.3) is 0 Å². The van der Waals surface area contributed by atoms with Crippen molar-refractivity contribution >= 4 is 11.9 Å². The molecule has 101 heavy (non-hydrogen) atoms. The van der Waals surface area contributed by atoms with E-state index in [1.54, 1.807) is 91.0 Å². The fourth-order valence-corrected chi connectivity index (χ4v) is 13.0. The molecule has 0 spiro atoms. The summed E-state index contributed by atoms with van der Waals surface area (Å²) in [6.07, 6.45) is -34.7. The Morgan fingerprint density at radius 1 is 0.327 bits per heavy atom. The smallest absolute Gasteiger partial charge is 0.335 e. The highest BCUT2D eigenvalue weighted by atomic mass is 16.8. The Kier molecular flexibility index (Phi) is 27.4. The number of ether oxygens (including phenoxy) is 16. The molecule has 28 heteroatoms. The van der Waals surface area contributed by atoms with E-state index in [-0.39, 0.29) is 39.6 Å². The van der Waals surface area contributed by atoms with Gasteiger partial charge >= 0.3 is 11.9 Å². The van der Waals surface area contributed by atoms with Gasteiger partial charge in [-0.2, -0.15) is 0 Å². The summed E-state index contributed by atoms with van der Waals surface area (Å²) in [5.74, 6) is -3.23. The van der Waals surface area contributed by atoms with E-state index in [4.69, 9.17) is 93.0 Å². The third-order valence-electron chi connectivity index (χ3n) is 18.3. The van der Waals surface area contributed by atoms with E-state index < -0.39 is 185 Å². The van der Waals surface area contributed by atoms with Crippen LogP contribution in [0.4, 0.5) is 0 Å². The second-order valence-electron chi connectivity index (χ2n) is 25.1. The molecule has 0 amide bonds. The van der Waals surface area contributed by atoms with Gasteiger partial charge in [0.2, 0.25) is 0 Å². The van der Waals surface area contributed by atoms with Crippen LogP contribution in [0.15, 0.2) is 182 Å². The predicted molar refractivity (Wildman–Crippen MR) is 352 cm³/mol. The molecule has 0 unspecified atom stereocenters. The number of carboxylic acid groups (broad SMARTS) is 2. The lowest BCUT2D eigenvalue weighted by Gasteiger charge is -2.51. The lowest BCUT2D eigenvalue weighted by Crippen LogP contribution is -2.70. The Bertz CT molecular complexity index is 3430. The monoisotopic (exact) mass is 1410 g/mol. The van der Waals surface area contributed by atoms with Crippen molar-refractivity contribution in [3.8, 4) is 0 Å². The van der Waals surface area contributed by atoms with E-state index in [2.05, 4.69) is 0 Å². The van der Waals surface area contributed by atoms with E-state index in [0.717, 1.165) is 16.7 Å². The minimum absolute atomic E-state index is 0.00461. The van der Waals surface area contributed by atoms with E-state index in [9.17, 15) is 45.3 Å². The largest absolute Gasteiger partial charge is 0.479 e. The van der Waals surface area contributed by atoms with Crippen LogP contribution in [0.1, 0.15) is 33.4 Å². The number of aliphatic hydroxyl groups is 5. The molecule has 6 aromatic carbocycles. The Labute approximate surface area is 583 Å². The van der Waals surface area contributed by atoms with Gasteiger partial charge in [-0.3, -0.25) is 0 Å². The predicted octanol–water partition coefficient (Wildman–Crippen LogP) is 2.16. The van der Waals surface area contributed by atoms with Gasteiger partial charge < -0.3 is 129 Å². The number of aliphatic hydroxyl groups excluding tert-OH is 5. The molecule has 5 heterocycles. The summed E-state index contributed by atoms with van der Waals surface area (Å²) in [5, 5.41) is 80.4. The molecule has 6 aromatic rings. The molecule has 0 radical (unpaired) electrons. The van der Waals surface area contributed by atoms with Crippen molar-refractivity contribution in [2.24, 2.45) is 17.2 Å². The molecular weight excluding hydrogens is 1320 g/mol. The number of aliphatic carboxylic acids is 2. The molecule has 0 aliphatic carbocycles. The van der Waals surface area contributed by atoms with E-state index in [1.165, 1.54) is 7.11 Å². The SMILES string of the molecule is CO[C@H]1O[C@H](CO)[C@@H](O[C@@H]2O[C@@H](C(=O)O)[C@@H](O[C@H]3O[C@H](CO)[C@@H](O[C@@H]4O[C@H](C(=O)O)[C@@H](O[C@H]5O[C@H](CO)[C@@H](OCc6ccccc6)[C@H](OCc6ccccc6)[C@H]5N)[C@H](OCc5ccccc5)[C@H]4OCc4ccccc4)[C@H](O)[C@H]3N)[C@H](OCc3ccccc3)[C@H]2O)[C@H](OCc2ccccc2)[C@H]1N. The van der Waals surface area contributed by atoms with Crippen molar-refractivity contribution in [1.82, 2.24) is 0 Å². The minimum Gasteiger partial charge on any atom is -0.479 e.